The van der Waals surface area contributed by atoms with Gasteiger partial charge in [0.15, 0.2) is 0 Å². The Morgan fingerprint density at radius 2 is 1.91 bits per heavy atom. The van der Waals surface area contributed by atoms with Crippen molar-refractivity contribution in [3.63, 3.8) is 0 Å². The fraction of sp³-hybridized carbons (Fsp3) is 0.385. The van der Waals surface area contributed by atoms with E-state index < -0.39 is 18.2 Å². The van der Waals surface area contributed by atoms with Crippen molar-refractivity contribution in [3.8, 4) is 5.75 Å². The smallest absolute Gasteiger partial charge is 0.349 e. The van der Waals surface area contributed by atoms with Gasteiger partial charge >= 0.3 is 5.63 Å². The number of carbonyl (C=O) groups is 1. The fourth-order valence-electron chi connectivity index (χ4n) is 3.68. The summed E-state index contributed by atoms with van der Waals surface area (Å²) in [5.74, 6) is -0.0595. The minimum absolute atomic E-state index is 0.0742. The molecule has 182 valence electrons. The molecule has 0 saturated heterocycles. The van der Waals surface area contributed by atoms with E-state index in [9.17, 15) is 14.0 Å². The molecule has 0 aliphatic carbocycles. The second-order valence-electron chi connectivity index (χ2n) is 8.08. The van der Waals surface area contributed by atoms with Gasteiger partial charge < -0.3 is 19.2 Å². The molecular formula is C26H31FN2O5. The highest BCUT2D eigenvalue weighted by atomic mass is 19.1. The van der Waals surface area contributed by atoms with E-state index in [-0.39, 0.29) is 12.2 Å². The van der Waals surface area contributed by atoms with Crippen molar-refractivity contribution in [2.45, 2.75) is 26.3 Å². The van der Waals surface area contributed by atoms with E-state index in [1.165, 1.54) is 6.07 Å². The summed E-state index contributed by atoms with van der Waals surface area (Å²) >= 11 is 0. The van der Waals surface area contributed by atoms with Crippen LogP contribution in [0.15, 0.2) is 51.7 Å². The van der Waals surface area contributed by atoms with Crippen LogP contribution in [0.4, 0.5) is 10.1 Å². The van der Waals surface area contributed by atoms with E-state index in [2.05, 4.69) is 10.2 Å². The topological polar surface area (TPSA) is 81.0 Å². The molecule has 0 atom stereocenters. The lowest BCUT2D eigenvalue weighted by Crippen LogP contribution is -2.22. The third-order valence-corrected chi connectivity index (χ3v) is 5.38. The second-order valence-corrected chi connectivity index (χ2v) is 8.08. The molecule has 0 bridgehead atoms. The first-order chi connectivity index (χ1) is 16.5. The monoisotopic (exact) mass is 470 g/mol. The minimum atomic E-state index is -0.735. The van der Waals surface area contributed by atoms with Gasteiger partial charge in [0.1, 0.15) is 30.2 Å². The largest absolute Gasteiger partial charge is 0.490 e. The van der Waals surface area contributed by atoms with Gasteiger partial charge in [-0.1, -0.05) is 25.5 Å². The van der Waals surface area contributed by atoms with Crippen LogP contribution in [-0.4, -0.2) is 51.4 Å². The zero-order valence-corrected chi connectivity index (χ0v) is 19.9. The summed E-state index contributed by atoms with van der Waals surface area (Å²) in [7, 11) is 3.68. The van der Waals surface area contributed by atoms with Gasteiger partial charge in [-0.2, -0.15) is 0 Å². The third kappa shape index (κ3) is 6.42. The van der Waals surface area contributed by atoms with Crippen molar-refractivity contribution >= 4 is 22.6 Å². The molecule has 0 spiro atoms. The predicted molar refractivity (Wildman–Crippen MR) is 131 cm³/mol. The minimum Gasteiger partial charge on any atom is -0.490 e. The van der Waals surface area contributed by atoms with Gasteiger partial charge in [-0.15, -0.1) is 0 Å². The first kappa shape index (κ1) is 25.4. The first-order valence-corrected chi connectivity index (χ1v) is 11.3. The Morgan fingerprint density at radius 1 is 1.15 bits per heavy atom. The van der Waals surface area contributed by atoms with E-state index in [4.69, 9.17) is 13.9 Å². The molecule has 3 aromatic rings. The van der Waals surface area contributed by atoms with Crippen LogP contribution >= 0.6 is 0 Å². The number of nitrogens with zero attached hydrogens (tertiary/aromatic N) is 1. The summed E-state index contributed by atoms with van der Waals surface area (Å²) in [5, 5.41) is 3.37. The van der Waals surface area contributed by atoms with Crippen LogP contribution in [0.5, 0.6) is 5.75 Å². The standard InChI is InChI=1S/C26H31FN2O5/c1-4-5-21-23(33-14-12-27)11-8-19-16-22(26(31)34-24(19)21)25(30)28-20-9-6-18(7-10-20)17-29(2)13-15-32-3/h6-11,16H,4-5,12-15,17H2,1-3H3,(H,28,30). The molecule has 7 nitrogen and oxygen atoms in total. The van der Waals surface area contributed by atoms with Gasteiger partial charge in [-0.05, 0) is 49.4 Å². The van der Waals surface area contributed by atoms with Gasteiger partial charge in [0.25, 0.3) is 5.91 Å². The molecule has 8 heteroatoms. The number of halogens is 1. The number of fused-ring (bicyclic) bond motifs is 1. The summed E-state index contributed by atoms with van der Waals surface area (Å²) in [6.45, 7) is 3.53. The second kappa shape index (κ2) is 12.3. The van der Waals surface area contributed by atoms with Crippen LogP contribution < -0.4 is 15.7 Å². The molecule has 3 rings (SSSR count). The molecule has 1 N–H and O–H groups in total. The van der Waals surface area contributed by atoms with Crippen LogP contribution in [0.1, 0.15) is 34.8 Å². The van der Waals surface area contributed by atoms with Crippen LogP contribution in [0.3, 0.4) is 0 Å². The van der Waals surface area contributed by atoms with E-state index in [1.54, 1.807) is 31.4 Å². The van der Waals surface area contributed by atoms with Crippen molar-refractivity contribution < 1.29 is 23.1 Å². The number of nitrogens with one attached hydrogen (secondary N) is 1. The maximum atomic E-state index is 12.8. The number of aryl methyl sites for hydroxylation is 1. The number of anilines is 1. The highest BCUT2D eigenvalue weighted by molar-refractivity contribution is 6.05. The summed E-state index contributed by atoms with van der Waals surface area (Å²) in [6.07, 6.45) is 1.38. The zero-order chi connectivity index (χ0) is 24.5. The molecule has 1 heterocycles. The number of hydrogen-bond acceptors (Lipinski definition) is 6. The summed E-state index contributed by atoms with van der Waals surface area (Å²) < 4.78 is 28.7. The van der Waals surface area contributed by atoms with E-state index in [1.807, 2.05) is 26.1 Å². The summed E-state index contributed by atoms with van der Waals surface area (Å²) in [5.41, 5.74) is 1.91. The molecule has 0 saturated carbocycles. The number of methoxy groups -OCH3 is 1. The molecule has 0 radical (unpaired) electrons. The Labute approximate surface area is 198 Å². The van der Waals surface area contributed by atoms with Crippen molar-refractivity contribution in [3.05, 3.63) is 69.6 Å². The molecule has 0 aliphatic rings. The number of likely N-dealkylation sites (N-methyl/N-ethyl adjacent to an activating group) is 1. The van der Waals surface area contributed by atoms with Gasteiger partial charge in [-0.3, -0.25) is 9.69 Å². The maximum absolute atomic E-state index is 12.8. The molecule has 0 unspecified atom stereocenters. The predicted octanol–water partition coefficient (Wildman–Crippen LogP) is 4.42. The van der Waals surface area contributed by atoms with Crippen molar-refractivity contribution in [2.24, 2.45) is 0 Å². The molecule has 1 amide bonds. The van der Waals surface area contributed by atoms with Crippen LogP contribution in [0, 0.1) is 0 Å². The van der Waals surface area contributed by atoms with Crippen LogP contribution in [-0.2, 0) is 17.7 Å². The summed E-state index contributed by atoms with van der Waals surface area (Å²) in [6, 6.07) is 12.4. The normalized spacial score (nSPS) is 11.2. The third-order valence-electron chi connectivity index (χ3n) is 5.38. The zero-order valence-electron chi connectivity index (χ0n) is 19.9. The number of alkyl halides is 1. The first-order valence-electron chi connectivity index (χ1n) is 11.3. The Kier molecular flexibility index (Phi) is 9.18. The lowest BCUT2D eigenvalue weighted by Gasteiger charge is -2.16. The van der Waals surface area contributed by atoms with Gasteiger partial charge in [0.05, 0.1) is 6.61 Å². The summed E-state index contributed by atoms with van der Waals surface area (Å²) in [4.78, 5) is 27.6. The number of rotatable bonds is 12. The number of amides is 1. The van der Waals surface area contributed by atoms with Crippen molar-refractivity contribution in [1.29, 1.82) is 0 Å². The van der Waals surface area contributed by atoms with Crippen molar-refractivity contribution in [2.75, 3.05) is 45.9 Å². The number of ether oxygens (including phenoxy) is 2. The van der Waals surface area contributed by atoms with E-state index in [0.29, 0.717) is 41.0 Å². The van der Waals surface area contributed by atoms with E-state index in [0.717, 1.165) is 25.1 Å². The Bertz CT molecular complexity index is 1160. The molecule has 1 aromatic heterocycles. The van der Waals surface area contributed by atoms with Gasteiger partial charge in [0, 0.05) is 36.8 Å². The number of benzene rings is 2. The molecule has 0 aliphatic heterocycles. The molecule has 0 fully saturated rings. The number of carbonyl (C=O) groups excluding carboxylic acids is 1. The average Bonchev–Trinajstić information content (AvgIpc) is 2.83. The Balaban J connectivity index is 1.79. The highest BCUT2D eigenvalue weighted by Gasteiger charge is 2.18. The quantitative estimate of drug-likeness (QED) is 0.395. The van der Waals surface area contributed by atoms with Gasteiger partial charge in [0.2, 0.25) is 0 Å². The SMILES string of the molecule is CCCc1c(OCCF)ccc2cc(C(=O)Nc3ccc(CN(C)CCOC)cc3)c(=O)oc12. The number of hydrogen-bond donors (Lipinski definition) is 1. The molecular weight excluding hydrogens is 439 g/mol. The Morgan fingerprint density at radius 3 is 2.59 bits per heavy atom. The highest BCUT2D eigenvalue weighted by Crippen LogP contribution is 2.29. The van der Waals surface area contributed by atoms with Crippen molar-refractivity contribution in [1.82, 2.24) is 4.90 Å². The maximum Gasteiger partial charge on any atom is 0.349 e. The van der Waals surface area contributed by atoms with Crippen LogP contribution in [0.25, 0.3) is 11.0 Å². The van der Waals surface area contributed by atoms with Crippen LogP contribution in [0.2, 0.25) is 0 Å². The molecule has 34 heavy (non-hydrogen) atoms. The Hall–Kier alpha value is -3.23. The molecule has 2 aromatic carbocycles. The van der Waals surface area contributed by atoms with E-state index >= 15 is 0 Å². The average molecular weight is 471 g/mol. The van der Waals surface area contributed by atoms with Gasteiger partial charge in [-0.25, -0.2) is 9.18 Å². The fourth-order valence-corrected chi connectivity index (χ4v) is 3.68. The lowest BCUT2D eigenvalue weighted by molar-refractivity contribution is 0.102. The lowest BCUT2D eigenvalue weighted by atomic mass is 10.0.